The van der Waals surface area contributed by atoms with Gasteiger partial charge < -0.3 is 11.1 Å². The third-order valence-corrected chi connectivity index (χ3v) is 3.89. The third kappa shape index (κ3) is 3.47. The van der Waals surface area contributed by atoms with Crippen molar-refractivity contribution >= 4 is 5.69 Å². The summed E-state index contributed by atoms with van der Waals surface area (Å²) in [6, 6.07) is 9.06. The van der Waals surface area contributed by atoms with Gasteiger partial charge in [0, 0.05) is 11.7 Å². The number of rotatable bonds is 5. The normalized spacial score (nSPS) is 25.3. The molecule has 0 amide bonds. The van der Waals surface area contributed by atoms with E-state index in [-0.39, 0.29) is 0 Å². The van der Waals surface area contributed by atoms with E-state index in [1.165, 1.54) is 24.8 Å². The monoisotopic (exact) mass is 232 g/mol. The molecular formula is C15H24N2. The van der Waals surface area contributed by atoms with E-state index >= 15 is 0 Å². The van der Waals surface area contributed by atoms with Crippen molar-refractivity contribution in [3.63, 3.8) is 0 Å². The molecule has 1 aromatic rings. The van der Waals surface area contributed by atoms with Crippen LogP contribution in [0.25, 0.3) is 0 Å². The number of nitrogens with one attached hydrogen (secondary N) is 1. The van der Waals surface area contributed by atoms with E-state index in [4.69, 9.17) is 5.73 Å². The van der Waals surface area contributed by atoms with Crippen LogP contribution >= 0.6 is 0 Å². The highest BCUT2D eigenvalue weighted by atomic mass is 14.9. The van der Waals surface area contributed by atoms with E-state index in [2.05, 4.69) is 31.3 Å². The highest BCUT2D eigenvalue weighted by Gasteiger charge is 2.24. The SMILES string of the molecule is CC1CC(NCCC(C)c2ccc(N)cc2)C1. The predicted octanol–water partition coefficient (Wildman–Crippen LogP) is 3.15. The summed E-state index contributed by atoms with van der Waals surface area (Å²) in [6.45, 7) is 5.74. The molecule has 0 radical (unpaired) electrons. The highest BCUT2D eigenvalue weighted by molar-refractivity contribution is 5.40. The Morgan fingerprint density at radius 1 is 1.29 bits per heavy atom. The summed E-state index contributed by atoms with van der Waals surface area (Å²) >= 11 is 0. The second kappa shape index (κ2) is 5.54. The van der Waals surface area contributed by atoms with Crippen molar-refractivity contribution in [2.45, 2.75) is 45.1 Å². The Bertz CT molecular complexity index is 338. The molecule has 2 heteroatoms. The van der Waals surface area contributed by atoms with Crippen LogP contribution in [0.2, 0.25) is 0 Å². The largest absolute Gasteiger partial charge is 0.399 e. The van der Waals surface area contributed by atoms with Crippen LogP contribution in [0.3, 0.4) is 0 Å². The predicted molar refractivity (Wildman–Crippen MR) is 74.1 cm³/mol. The van der Waals surface area contributed by atoms with Gasteiger partial charge in [0.15, 0.2) is 0 Å². The van der Waals surface area contributed by atoms with Gasteiger partial charge in [0.1, 0.15) is 0 Å². The smallest absolute Gasteiger partial charge is 0.0314 e. The van der Waals surface area contributed by atoms with Gasteiger partial charge in [-0.05, 0) is 55.3 Å². The van der Waals surface area contributed by atoms with Gasteiger partial charge in [0.05, 0.1) is 0 Å². The second-order valence-electron chi connectivity index (χ2n) is 5.58. The Morgan fingerprint density at radius 3 is 2.53 bits per heavy atom. The van der Waals surface area contributed by atoms with Gasteiger partial charge >= 0.3 is 0 Å². The molecule has 1 unspecified atom stereocenters. The lowest BCUT2D eigenvalue weighted by Gasteiger charge is -2.33. The van der Waals surface area contributed by atoms with Crippen molar-refractivity contribution < 1.29 is 0 Å². The molecule has 1 atom stereocenters. The average molecular weight is 232 g/mol. The number of nitrogens with two attached hydrogens (primary N) is 1. The Hall–Kier alpha value is -1.02. The first-order valence-corrected chi connectivity index (χ1v) is 6.74. The van der Waals surface area contributed by atoms with Crippen LogP contribution in [0, 0.1) is 5.92 Å². The summed E-state index contributed by atoms with van der Waals surface area (Å²) in [5, 5.41) is 3.64. The van der Waals surface area contributed by atoms with Gasteiger partial charge in [-0.15, -0.1) is 0 Å². The Morgan fingerprint density at radius 2 is 1.94 bits per heavy atom. The highest BCUT2D eigenvalue weighted by Crippen LogP contribution is 2.26. The van der Waals surface area contributed by atoms with Gasteiger partial charge in [-0.25, -0.2) is 0 Å². The summed E-state index contributed by atoms with van der Waals surface area (Å²) in [7, 11) is 0. The Balaban J connectivity index is 1.70. The minimum absolute atomic E-state index is 0.612. The maximum absolute atomic E-state index is 5.69. The van der Waals surface area contributed by atoms with E-state index in [9.17, 15) is 0 Å². The Labute approximate surface area is 105 Å². The molecule has 17 heavy (non-hydrogen) atoms. The standard InChI is InChI=1S/C15H24N2/c1-11-9-15(10-11)17-8-7-12(2)13-3-5-14(16)6-4-13/h3-6,11-12,15,17H,7-10,16H2,1-2H3. The molecule has 0 heterocycles. The molecule has 1 saturated carbocycles. The molecule has 1 aliphatic rings. The zero-order valence-electron chi connectivity index (χ0n) is 10.9. The van der Waals surface area contributed by atoms with Crippen LogP contribution in [-0.2, 0) is 0 Å². The molecule has 1 aromatic carbocycles. The molecule has 0 saturated heterocycles. The summed E-state index contributed by atoms with van der Waals surface area (Å²) in [6.07, 6.45) is 3.92. The number of benzene rings is 1. The topological polar surface area (TPSA) is 38.0 Å². The molecule has 1 aliphatic carbocycles. The van der Waals surface area contributed by atoms with Crippen molar-refractivity contribution in [3.05, 3.63) is 29.8 Å². The van der Waals surface area contributed by atoms with Crippen LogP contribution in [0.5, 0.6) is 0 Å². The number of anilines is 1. The molecular weight excluding hydrogens is 208 g/mol. The molecule has 0 bridgehead atoms. The Kier molecular flexibility index (Phi) is 4.06. The second-order valence-corrected chi connectivity index (χ2v) is 5.58. The molecule has 1 fully saturated rings. The molecule has 2 rings (SSSR count). The maximum Gasteiger partial charge on any atom is 0.0314 e. The molecule has 3 N–H and O–H groups in total. The summed E-state index contributed by atoms with van der Waals surface area (Å²) in [5.74, 6) is 1.54. The molecule has 94 valence electrons. The van der Waals surface area contributed by atoms with E-state index < -0.39 is 0 Å². The van der Waals surface area contributed by atoms with Crippen LogP contribution < -0.4 is 11.1 Å². The number of hydrogen-bond acceptors (Lipinski definition) is 2. The van der Waals surface area contributed by atoms with Gasteiger partial charge in [-0.2, -0.15) is 0 Å². The molecule has 0 aromatic heterocycles. The quantitative estimate of drug-likeness (QED) is 0.765. The minimum Gasteiger partial charge on any atom is -0.399 e. The molecule has 0 spiro atoms. The maximum atomic E-state index is 5.69. The summed E-state index contributed by atoms with van der Waals surface area (Å²) in [4.78, 5) is 0. The number of nitrogen functional groups attached to an aromatic ring is 1. The van der Waals surface area contributed by atoms with Gasteiger partial charge in [-0.3, -0.25) is 0 Å². The van der Waals surface area contributed by atoms with E-state index in [0.29, 0.717) is 5.92 Å². The van der Waals surface area contributed by atoms with Crippen molar-refractivity contribution in [1.82, 2.24) is 5.32 Å². The van der Waals surface area contributed by atoms with Crippen LogP contribution in [-0.4, -0.2) is 12.6 Å². The zero-order chi connectivity index (χ0) is 12.3. The average Bonchev–Trinajstić information content (AvgIpc) is 2.27. The van der Waals surface area contributed by atoms with Crippen molar-refractivity contribution in [2.24, 2.45) is 5.92 Å². The van der Waals surface area contributed by atoms with Crippen LogP contribution in [0.4, 0.5) is 5.69 Å². The fourth-order valence-corrected chi connectivity index (χ4v) is 2.56. The summed E-state index contributed by atoms with van der Waals surface area (Å²) < 4.78 is 0. The third-order valence-electron chi connectivity index (χ3n) is 3.89. The van der Waals surface area contributed by atoms with Crippen LogP contribution in [0.15, 0.2) is 24.3 Å². The van der Waals surface area contributed by atoms with Gasteiger partial charge in [-0.1, -0.05) is 26.0 Å². The first-order valence-electron chi connectivity index (χ1n) is 6.74. The lowest BCUT2D eigenvalue weighted by Crippen LogP contribution is -2.40. The van der Waals surface area contributed by atoms with Gasteiger partial charge in [0.25, 0.3) is 0 Å². The molecule has 0 aliphatic heterocycles. The van der Waals surface area contributed by atoms with E-state index in [1.54, 1.807) is 0 Å². The zero-order valence-corrected chi connectivity index (χ0v) is 10.9. The molecule has 2 nitrogen and oxygen atoms in total. The van der Waals surface area contributed by atoms with E-state index in [1.807, 2.05) is 12.1 Å². The van der Waals surface area contributed by atoms with Crippen LogP contribution in [0.1, 0.15) is 44.6 Å². The van der Waals surface area contributed by atoms with E-state index in [0.717, 1.165) is 24.2 Å². The fourth-order valence-electron chi connectivity index (χ4n) is 2.56. The summed E-state index contributed by atoms with van der Waals surface area (Å²) in [5.41, 5.74) is 7.93. The first kappa shape index (κ1) is 12.4. The lowest BCUT2D eigenvalue weighted by molar-refractivity contribution is 0.240. The minimum atomic E-state index is 0.612. The fraction of sp³-hybridized carbons (Fsp3) is 0.600. The van der Waals surface area contributed by atoms with Crippen molar-refractivity contribution in [1.29, 1.82) is 0 Å². The van der Waals surface area contributed by atoms with Crippen molar-refractivity contribution in [3.8, 4) is 0 Å². The van der Waals surface area contributed by atoms with Crippen molar-refractivity contribution in [2.75, 3.05) is 12.3 Å². The first-order chi connectivity index (χ1) is 8.15. The lowest BCUT2D eigenvalue weighted by atomic mass is 9.82. The van der Waals surface area contributed by atoms with Gasteiger partial charge in [0.2, 0.25) is 0 Å². The number of hydrogen-bond donors (Lipinski definition) is 2.